The van der Waals surface area contributed by atoms with Crippen molar-refractivity contribution in [1.29, 1.82) is 0 Å². The molecule has 1 N–H and O–H groups in total. The fourth-order valence-electron chi connectivity index (χ4n) is 2.12. The third kappa shape index (κ3) is 4.60. The zero-order valence-corrected chi connectivity index (χ0v) is 13.1. The summed E-state index contributed by atoms with van der Waals surface area (Å²) in [5, 5.41) is 5.62. The molecule has 0 spiro atoms. The average Bonchev–Trinajstić information content (AvgIpc) is 2.50. The minimum atomic E-state index is 0.588. The number of ether oxygens (including phenoxy) is 2. The number of benzene rings is 1. The molecule has 0 saturated carbocycles. The molecule has 21 heavy (non-hydrogen) atoms. The third-order valence-corrected chi connectivity index (χ3v) is 3.18. The number of methoxy groups -OCH3 is 1. The molecule has 0 atom stereocenters. The lowest BCUT2D eigenvalue weighted by Gasteiger charge is -2.10. The van der Waals surface area contributed by atoms with Crippen molar-refractivity contribution in [3.8, 4) is 5.75 Å². The smallest absolute Gasteiger partial charge is 0.133 e. The van der Waals surface area contributed by atoms with E-state index < -0.39 is 0 Å². The topological polar surface area (TPSA) is 43.4 Å². The summed E-state index contributed by atoms with van der Waals surface area (Å²) in [5.74, 6) is 2.33. The molecule has 1 aromatic carbocycles. The lowest BCUT2D eigenvalue weighted by molar-refractivity contribution is 0.110. The predicted octanol–water partition coefficient (Wildman–Crippen LogP) is 3.72. The first-order valence-electron chi connectivity index (χ1n) is 7.45. The standard InChI is InChI=1S/C17H24N2O2/c1-13(2)12-21-10-4-8-18-17-16-11-15(20-3)6-5-14(16)7-9-19-17/h5-7,9,11,13H,4,8,10,12H2,1-3H3,(H,18,19). The third-order valence-electron chi connectivity index (χ3n) is 3.18. The first-order chi connectivity index (χ1) is 10.2. The van der Waals surface area contributed by atoms with Gasteiger partial charge in [0.05, 0.1) is 7.11 Å². The van der Waals surface area contributed by atoms with E-state index >= 15 is 0 Å². The zero-order valence-electron chi connectivity index (χ0n) is 13.1. The van der Waals surface area contributed by atoms with Crippen molar-refractivity contribution in [2.75, 3.05) is 32.2 Å². The molecule has 0 aliphatic heterocycles. The van der Waals surface area contributed by atoms with E-state index in [1.165, 1.54) is 0 Å². The molecular weight excluding hydrogens is 264 g/mol. The van der Waals surface area contributed by atoms with E-state index in [0.717, 1.165) is 48.5 Å². The Kier molecular flexibility index (Phi) is 5.81. The molecule has 1 heterocycles. The number of rotatable bonds is 8. The molecule has 0 saturated heterocycles. The van der Waals surface area contributed by atoms with Crippen molar-refractivity contribution in [2.45, 2.75) is 20.3 Å². The van der Waals surface area contributed by atoms with Gasteiger partial charge in [0, 0.05) is 31.3 Å². The predicted molar refractivity (Wildman–Crippen MR) is 87.1 cm³/mol. The molecule has 0 aliphatic carbocycles. The Morgan fingerprint density at radius 1 is 1.24 bits per heavy atom. The second kappa shape index (κ2) is 7.84. The first-order valence-corrected chi connectivity index (χ1v) is 7.45. The lowest BCUT2D eigenvalue weighted by atomic mass is 10.1. The van der Waals surface area contributed by atoms with Gasteiger partial charge in [0.25, 0.3) is 0 Å². The van der Waals surface area contributed by atoms with Crippen LogP contribution in [0.3, 0.4) is 0 Å². The number of pyridine rings is 1. The highest BCUT2D eigenvalue weighted by Crippen LogP contribution is 2.25. The maximum Gasteiger partial charge on any atom is 0.133 e. The molecule has 114 valence electrons. The summed E-state index contributed by atoms with van der Waals surface area (Å²) in [5.41, 5.74) is 0. The summed E-state index contributed by atoms with van der Waals surface area (Å²) in [7, 11) is 1.68. The summed E-state index contributed by atoms with van der Waals surface area (Å²) in [4.78, 5) is 4.42. The van der Waals surface area contributed by atoms with E-state index in [1.54, 1.807) is 7.11 Å². The number of nitrogens with one attached hydrogen (secondary N) is 1. The van der Waals surface area contributed by atoms with Gasteiger partial charge in [-0.15, -0.1) is 0 Å². The summed E-state index contributed by atoms with van der Waals surface area (Å²) >= 11 is 0. The average molecular weight is 288 g/mol. The molecule has 0 bridgehead atoms. The summed E-state index contributed by atoms with van der Waals surface area (Å²) in [6.07, 6.45) is 2.79. The van der Waals surface area contributed by atoms with Gasteiger partial charge >= 0.3 is 0 Å². The van der Waals surface area contributed by atoms with Gasteiger partial charge in [-0.3, -0.25) is 0 Å². The van der Waals surface area contributed by atoms with Crippen LogP contribution in [0, 0.1) is 5.92 Å². The fraction of sp³-hybridized carbons (Fsp3) is 0.471. The van der Waals surface area contributed by atoms with Crippen molar-refractivity contribution in [1.82, 2.24) is 4.98 Å². The molecule has 0 amide bonds. The van der Waals surface area contributed by atoms with Crippen LogP contribution in [0.2, 0.25) is 0 Å². The van der Waals surface area contributed by atoms with Crippen LogP contribution in [0.4, 0.5) is 5.82 Å². The van der Waals surface area contributed by atoms with Gasteiger partial charge in [-0.05, 0) is 35.9 Å². The molecule has 2 aromatic rings. The number of hydrogen-bond acceptors (Lipinski definition) is 4. The van der Waals surface area contributed by atoms with Crippen LogP contribution in [0.15, 0.2) is 30.5 Å². The van der Waals surface area contributed by atoms with E-state index in [-0.39, 0.29) is 0 Å². The van der Waals surface area contributed by atoms with E-state index in [9.17, 15) is 0 Å². The second-order valence-electron chi connectivity index (χ2n) is 5.50. The van der Waals surface area contributed by atoms with Crippen LogP contribution in [-0.4, -0.2) is 31.9 Å². The van der Waals surface area contributed by atoms with E-state index in [1.807, 2.05) is 30.5 Å². The Morgan fingerprint density at radius 3 is 2.86 bits per heavy atom. The largest absolute Gasteiger partial charge is 0.497 e. The monoisotopic (exact) mass is 288 g/mol. The number of aromatic nitrogens is 1. The van der Waals surface area contributed by atoms with Gasteiger partial charge in [0.15, 0.2) is 0 Å². The maximum absolute atomic E-state index is 5.58. The van der Waals surface area contributed by atoms with Gasteiger partial charge in [-0.25, -0.2) is 4.98 Å². The summed E-state index contributed by atoms with van der Waals surface area (Å²) in [6, 6.07) is 8.03. The molecule has 4 nitrogen and oxygen atoms in total. The molecule has 0 unspecified atom stereocenters. The summed E-state index contributed by atoms with van der Waals surface area (Å²) in [6.45, 7) is 6.77. The van der Waals surface area contributed by atoms with E-state index in [4.69, 9.17) is 9.47 Å². The molecule has 1 aromatic heterocycles. The van der Waals surface area contributed by atoms with Crippen molar-refractivity contribution < 1.29 is 9.47 Å². The highest BCUT2D eigenvalue weighted by Gasteiger charge is 2.03. The van der Waals surface area contributed by atoms with Gasteiger partial charge in [0.1, 0.15) is 11.6 Å². The second-order valence-corrected chi connectivity index (χ2v) is 5.50. The molecule has 0 radical (unpaired) electrons. The van der Waals surface area contributed by atoms with Gasteiger partial charge in [-0.2, -0.15) is 0 Å². The number of nitrogens with zero attached hydrogens (tertiary/aromatic N) is 1. The minimum Gasteiger partial charge on any atom is -0.497 e. The minimum absolute atomic E-state index is 0.588. The lowest BCUT2D eigenvalue weighted by Crippen LogP contribution is -2.09. The van der Waals surface area contributed by atoms with Crippen LogP contribution in [0.25, 0.3) is 10.8 Å². The maximum atomic E-state index is 5.58. The highest BCUT2D eigenvalue weighted by molar-refractivity contribution is 5.92. The van der Waals surface area contributed by atoms with Crippen molar-refractivity contribution in [3.63, 3.8) is 0 Å². The Balaban J connectivity index is 1.92. The van der Waals surface area contributed by atoms with Crippen molar-refractivity contribution in [2.24, 2.45) is 5.92 Å². The number of fused-ring (bicyclic) bond motifs is 1. The van der Waals surface area contributed by atoms with Crippen molar-refractivity contribution >= 4 is 16.6 Å². The van der Waals surface area contributed by atoms with E-state index in [0.29, 0.717) is 5.92 Å². The number of hydrogen-bond donors (Lipinski definition) is 1. The molecule has 0 fully saturated rings. The Labute approximate surface area is 126 Å². The molecule has 0 aliphatic rings. The van der Waals surface area contributed by atoms with Crippen molar-refractivity contribution in [3.05, 3.63) is 30.5 Å². The quantitative estimate of drug-likeness (QED) is 0.752. The molecule has 4 heteroatoms. The Morgan fingerprint density at radius 2 is 2.10 bits per heavy atom. The van der Waals surface area contributed by atoms with Crippen LogP contribution in [0.5, 0.6) is 5.75 Å². The van der Waals surface area contributed by atoms with Crippen LogP contribution in [-0.2, 0) is 4.74 Å². The SMILES string of the molecule is COc1ccc2ccnc(NCCCOCC(C)C)c2c1. The Bertz CT molecular complexity index is 570. The number of anilines is 1. The van der Waals surface area contributed by atoms with Crippen LogP contribution >= 0.6 is 0 Å². The van der Waals surface area contributed by atoms with Gasteiger partial charge in [-0.1, -0.05) is 19.9 Å². The van der Waals surface area contributed by atoms with E-state index in [2.05, 4.69) is 24.1 Å². The Hall–Kier alpha value is -1.81. The molecular formula is C17H24N2O2. The molecule has 2 rings (SSSR count). The normalized spacial score (nSPS) is 11.0. The van der Waals surface area contributed by atoms with Crippen LogP contribution in [0.1, 0.15) is 20.3 Å². The highest BCUT2D eigenvalue weighted by atomic mass is 16.5. The van der Waals surface area contributed by atoms with Gasteiger partial charge in [0.2, 0.25) is 0 Å². The zero-order chi connectivity index (χ0) is 15.1. The first kappa shape index (κ1) is 15.6. The van der Waals surface area contributed by atoms with Gasteiger partial charge < -0.3 is 14.8 Å². The summed E-state index contributed by atoms with van der Waals surface area (Å²) < 4.78 is 10.9. The van der Waals surface area contributed by atoms with Crippen LogP contribution < -0.4 is 10.1 Å². The fourth-order valence-corrected chi connectivity index (χ4v) is 2.12.